The summed E-state index contributed by atoms with van der Waals surface area (Å²) in [6.45, 7) is 6.67. The van der Waals surface area contributed by atoms with Gasteiger partial charge in [0.1, 0.15) is 0 Å². The lowest BCUT2D eigenvalue weighted by Crippen LogP contribution is -2.19. The third kappa shape index (κ3) is 4.99. The van der Waals surface area contributed by atoms with Crippen molar-refractivity contribution in [1.82, 2.24) is 14.8 Å². The van der Waals surface area contributed by atoms with Crippen LogP contribution in [0.4, 0.5) is 5.69 Å². The van der Waals surface area contributed by atoms with Gasteiger partial charge in [-0.25, -0.2) is 9.89 Å². The van der Waals surface area contributed by atoms with E-state index in [2.05, 4.69) is 28.5 Å². The Labute approximate surface area is 139 Å². The van der Waals surface area contributed by atoms with Gasteiger partial charge in [0.2, 0.25) is 5.91 Å². The highest BCUT2D eigenvalue weighted by molar-refractivity contribution is 7.99. The van der Waals surface area contributed by atoms with Gasteiger partial charge in [-0.2, -0.15) is 0 Å². The quantitative estimate of drug-likeness (QED) is 0.763. The number of nitrogens with zero attached hydrogens (tertiary/aromatic N) is 2. The van der Waals surface area contributed by atoms with E-state index in [0.29, 0.717) is 11.7 Å². The van der Waals surface area contributed by atoms with Gasteiger partial charge in [-0.1, -0.05) is 31.2 Å². The van der Waals surface area contributed by atoms with Gasteiger partial charge in [0, 0.05) is 12.2 Å². The molecule has 0 aliphatic rings. The molecule has 2 rings (SSSR count). The number of benzene rings is 1. The van der Waals surface area contributed by atoms with Crippen molar-refractivity contribution in [3.63, 3.8) is 0 Å². The molecular formula is C16H22N4O2S. The van der Waals surface area contributed by atoms with Crippen LogP contribution in [0.3, 0.4) is 0 Å². The van der Waals surface area contributed by atoms with Crippen LogP contribution >= 0.6 is 11.8 Å². The summed E-state index contributed by atoms with van der Waals surface area (Å²) in [4.78, 5) is 23.8. The van der Waals surface area contributed by atoms with Crippen molar-refractivity contribution in [3.8, 4) is 0 Å². The van der Waals surface area contributed by atoms with Crippen molar-refractivity contribution in [2.24, 2.45) is 0 Å². The van der Waals surface area contributed by atoms with Crippen molar-refractivity contribution >= 4 is 23.4 Å². The molecule has 0 atom stereocenters. The third-order valence-electron chi connectivity index (χ3n) is 3.30. The molecule has 0 aliphatic heterocycles. The van der Waals surface area contributed by atoms with Crippen LogP contribution in [0, 0.1) is 13.8 Å². The largest absolute Gasteiger partial charge is 0.343 e. The first kappa shape index (κ1) is 17.3. The number of amides is 1. The second-order valence-corrected chi connectivity index (χ2v) is 6.47. The first-order valence-corrected chi connectivity index (χ1v) is 8.64. The van der Waals surface area contributed by atoms with Crippen molar-refractivity contribution in [3.05, 3.63) is 39.8 Å². The van der Waals surface area contributed by atoms with Crippen LogP contribution in [0.2, 0.25) is 0 Å². The van der Waals surface area contributed by atoms with E-state index in [9.17, 15) is 9.59 Å². The van der Waals surface area contributed by atoms with E-state index < -0.39 is 0 Å². The van der Waals surface area contributed by atoms with E-state index in [1.54, 1.807) is 4.57 Å². The Bertz CT molecular complexity index is 716. The number of hydrogen-bond acceptors (Lipinski definition) is 4. The van der Waals surface area contributed by atoms with Crippen LogP contribution in [0.5, 0.6) is 0 Å². The number of H-pyrrole nitrogens is 1. The standard InChI is InChI=1S/C16H22N4O2S/c1-4-5-6-20-15(22)18-19-16(20)23-10-14(21)17-13-8-11(2)7-12(3)9-13/h7-9H,4-6,10H2,1-3H3,(H,17,21)(H,18,22). The molecule has 0 fully saturated rings. The minimum Gasteiger partial charge on any atom is -0.325 e. The van der Waals surface area contributed by atoms with E-state index in [1.165, 1.54) is 11.8 Å². The number of aryl methyl sites for hydroxylation is 2. The molecule has 1 amide bonds. The van der Waals surface area contributed by atoms with E-state index in [4.69, 9.17) is 0 Å². The average Bonchev–Trinajstić information content (AvgIpc) is 2.82. The SMILES string of the molecule is CCCCn1c(SCC(=O)Nc2cc(C)cc(C)c2)n[nH]c1=O. The molecule has 7 heteroatoms. The zero-order chi connectivity index (χ0) is 16.8. The molecule has 2 aromatic rings. The van der Waals surface area contributed by atoms with E-state index in [0.717, 1.165) is 29.7 Å². The molecule has 0 spiro atoms. The zero-order valence-electron chi connectivity index (χ0n) is 13.7. The summed E-state index contributed by atoms with van der Waals surface area (Å²) < 4.78 is 1.58. The van der Waals surface area contributed by atoms with Crippen LogP contribution in [-0.4, -0.2) is 26.4 Å². The summed E-state index contributed by atoms with van der Waals surface area (Å²) in [6, 6.07) is 5.92. The maximum atomic E-state index is 12.1. The molecule has 0 saturated carbocycles. The van der Waals surface area contributed by atoms with Crippen molar-refractivity contribution in [2.75, 3.05) is 11.1 Å². The monoisotopic (exact) mass is 334 g/mol. The molecule has 0 unspecified atom stereocenters. The minimum absolute atomic E-state index is 0.113. The highest BCUT2D eigenvalue weighted by atomic mass is 32.2. The predicted molar refractivity (Wildman–Crippen MR) is 93.0 cm³/mol. The lowest BCUT2D eigenvalue weighted by Gasteiger charge is -2.08. The number of carbonyl (C=O) groups excluding carboxylic acids is 1. The number of unbranched alkanes of at least 4 members (excludes halogenated alkanes) is 1. The Morgan fingerprint density at radius 2 is 2.00 bits per heavy atom. The summed E-state index contributed by atoms with van der Waals surface area (Å²) in [5, 5.41) is 9.86. The minimum atomic E-state index is -0.226. The first-order valence-electron chi connectivity index (χ1n) is 7.65. The van der Waals surface area contributed by atoms with Gasteiger partial charge >= 0.3 is 5.69 Å². The van der Waals surface area contributed by atoms with Gasteiger partial charge in [0.25, 0.3) is 0 Å². The fourth-order valence-corrected chi connectivity index (χ4v) is 3.07. The highest BCUT2D eigenvalue weighted by Gasteiger charge is 2.11. The molecule has 124 valence electrons. The Morgan fingerprint density at radius 3 is 2.65 bits per heavy atom. The number of carbonyl (C=O) groups is 1. The molecule has 0 radical (unpaired) electrons. The molecule has 0 bridgehead atoms. The molecular weight excluding hydrogens is 312 g/mol. The smallest absolute Gasteiger partial charge is 0.325 e. The molecule has 0 saturated heterocycles. The summed E-state index contributed by atoms with van der Waals surface area (Å²) in [5.74, 6) is 0.0983. The van der Waals surface area contributed by atoms with Crippen LogP contribution in [-0.2, 0) is 11.3 Å². The predicted octanol–water partition coefficient (Wildman–Crippen LogP) is 2.72. The normalized spacial score (nSPS) is 10.7. The highest BCUT2D eigenvalue weighted by Crippen LogP contribution is 2.17. The van der Waals surface area contributed by atoms with E-state index >= 15 is 0 Å². The number of nitrogens with one attached hydrogen (secondary N) is 2. The van der Waals surface area contributed by atoms with Gasteiger partial charge in [-0.3, -0.25) is 9.36 Å². The maximum absolute atomic E-state index is 12.1. The molecule has 0 aliphatic carbocycles. The molecule has 6 nitrogen and oxygen atoms in total. The summed E-state index contributed by atoms with van der Waals surface area (Å²) in [6.07, 6.45) is 1.90. The Kier molecular flexibility index (Phi) is 6.04. The molecule has 1 aromatic heterocycles. The van der Waals surface area contributed by atoms with Crippen LogP contribution in [0.25, 0.3) is 0 Å². The van der Waals surface area contributed by atoms with Crippen molar-refractivity contribution in [2.45, 2.75) is 45.3 Å². The lowest BCUT2D eigenvalue weighted by molar-refractivity contribution is -0.113. The Balaban J connectivity index is 1.95. The van der Waals surface area contributed by atoms with E-state index in [1.807, 2.05) is 26.0 Å². The summed E-state index contributed by atoms with van der Waals surface area (Å²) >= 11 is 1.26. The second-order valence-electron chi connectivity index (χ2n) is 5.53. The Hall–Kier alpha value is -2.02. The van der Waals surface area contributed by atoms with Crippen LogP contribution in [0.1, 0.15) is 30.9 Å². The van der Waals surface area contributed by atoms with E-state index in [-0.39, 0.29) is 17.3 Å². The number of aromatic nitrogens is 3. The summed E-state index contributed by atoms with van der Waals surface area (Å²) in [7, 11) is 0. The van der Waals surface area contributed by atoms with Crippen molar-refractivity contribution < 1.29 is 4.79 Å². The molecule has 2 N–H and O–H groups in total. The van der Waals surface area contributed by atoms with Gasteiger partial charge in [-0.15, -0.1) is 5.10 Å². The number of anilines is 1. The fraction of sp³-hybridized carbons (Fsp3) is 0.438. The average molecular weight is 334 g/mol. The van der Waals surface area contributed by atoms with Gasteiger partial charge in [0.15, 0.2) is 5.16 Å². The maximum Gasteiger partial charge on any atom is 0.343 e. The number of thioether (sulfide) groups is 1. The number of aromatic amines is 1. The molecule has 1 heterocycles. The summed E-state index contributed by atoms with van der Waals surface area (Å²) in [5.41, 5.74) is 2.77. The van der Waals surface area contributed by atoms with Crippen LogP contribution in [0.15, 0.2) is 28.2 Å². The zero-order valence-corrected chi connectivity index (χ0v) is 14.5. The number of rotatable bonds is 7. The van der Waals surface area contributed by atoms with Gasteiger partial charge in [-0.05, 0) is 43.5 Å². The third-order valence-corrected chi connectivity index (χ3v) is 4.27. The second kappa shape index (κ2) is 8.01. The first-order chi connectivity index (χ1) is 11.0. The topological polar surface area (TPSA) is 79.8 Å². The van der Waals surface area contributed by atoms with Gasteiger partial charge in [0.05, 0.1) is 5.75 Å². The lowest BCUT2D eigenvalue weighted by atomic mass is 10.1. The van der Waals surface area contributed by atoms with Crippen LogP contribution < -0.4 is 11.0 Å². The number of hydrogen-bond donors (Lipinski definition) is 2. The molecule has 1 aromatic carbocycles. The van der Waals surface area contributed by atoms with Crippen molar-refractivity contribution in [1.29, 1.82) is 0 Å². The molecule has 23 heavy (non-hydrogen) atoms. The van der Waals surface area contributed by atoms with Gasteiger partial charge < -0.3 is 5.32 Å². The fourth-order valence-electron chi connectivity index (χ4n) is 2.30. The Morgan fingerprint density at radius 1 is 1.30 bits per heavy atom.